The maximum absolute atomic E-state index is 12.4. The highest BCUT2D eigenvalue weighted by Crippen LogP contribution is 2.27. The largest absolute Gasteiger partial charge is 0.322 e. The first-order chi connectivity index (χ1) is 10.8. The summed E-state index contributed by atoms with van der Waals surface area (Å²) in [5, 5.41) is 7.17. The number of carbonyl (C=O) groups is 1. The number of nitrogens with zero attached hydrogens (tertiary/aromatic N) is 2. The zero-order valence-electron chi connectivity index (χ0n) is 14.7. The van der Waals surface area contributed by atoms with Crippen molar-refractivity contribution in [3.63, 3.8) is 0 Å². The van der Waals surface area contributed by atoms with Crippen molar-refractivity contribution in [2.75, 3.05) is 5.32 Å². The van der Waals surface area contributed by atoms with Crippen LogP contribution in [0.1, 0.15) is 43.6 Å². The van der Waals surface area contributed by atoms with Gasteiger partial charge in [-0.25, -0.2) is 0 Å². The molecule has 0 saturated heterocycles. The SMILES string of the molecule is Cc1nn(C)c(C)c1NC(=O)C(C)Sc1ccc(C(C)C)cc1. The van der Waals surface area contributed by atoms with E-state index in [1.54, 1.807) is 16.4 Å². The summed E-state index contributed by atoms with van der Waals surface area (Å²) in [4.78, 5) is 13.5. The van der Waals surface area contributed by atoms with Crippen LogP contribution in [0.3, 0.4) is 0 Å². The van der Waals surface area contributed by atoms with Gasteiger partial charge >= 0.3 is 0 Å². The van der Waals surface area contributed by atoms with Gasteiger partial charge in [0.1, 0.15) is 0 Å². The van der Waals surface area contributed by atoms with Gasteiger partial charge in [0.25, 0.3) is 0 Å². The number of amides is 1. The molecule has 1 heterocycles. The molecule has 4 nitrogen and oxygen atoms in total. The fraction of sp³-hybridized carbons (Fsp3) is 0.444. The van der Waals surface area contributed by atoms with E-state index in [-0.39, 0.29) is 11.2 Å². The summed E-state index contributed by atoms with van der Waals surface area (Å²) in [5.41, 5.74) is 3.94. The third kappa shape index (κ3) is 4.16. The van der Waals surface area contributed by atoms with Crippen molar-refractivity contribution in [1.82, 2.24) is 9.78 Å². The van der Waals surface area contributed by atoms with E-state index in [4.69, 9.17) is 0 Å². The molecule has 1 aromatic heterocycles. The van der Waals surface area contributed by atoms with Crippen LogP contribution >= 0.6 is 11.8 Å². The number of hydrogen-bond donors (Lipinski definition) is 1. The Hall–Kier alpha value is -1.75. The van der Waals surface area contributed by atoms with E-state index >= 15 is 0 Å². The van der Waals surface area contributed by atoms with Gasteiger partial charge in [-0.15, -0.1) is 11.8 Å². The van der Waals surface area contributed by atoms with Gasteiger partial charge < -0.3 is 5.32 Å². The Morgan fingerprint density at radius 3 is 2.26 bits per heavy atom. The predicted octanol–water partition coefficient (Wildman–Crippen LogP) is 4.28. The van der Waals surface area contributed by atoms with Gasteiger partial charge in [-0.05, 0) is 44.4 Å². The Morgan fingerprint density at radius 1 is 1.17 bits per heavy atom. The lowest BCUT2D eigenvalue weighted by atomic mass is 10.0. The minimum atomic E-state index is -0.168. The van der Waals surface area contributed by atoms with Crippen molar-refractivity contribution in [3.8, 4) is 0 Å². The number of nitrogens with one attached hydrogen (secondary N) is 1. The zero-order valence-corrected chi connectivity index (χ0v) is 15.5. The number of aromatic nitrogens is 2. The normalized spacial score (nSPS) is 12.5. The molecule has 0 aliphatic heterocycles. The number of rotatable bonds is 5. The molecule has 1 atom stereocenters. The lowest BCUT2D eigenvalue weighted by Crippen LogP contribution is -2.23. The average Bonchev–Trinajstić information content (AvgIpc) is 2.74. The Bertz CT molecular complexity index is 689. The number of anilines is 1. The molecule has 23 heavy (non-hydrogen) atoms. The fourth-order valence-electron chi connectivity index (χ4n) is 2.37. The topological polar surface area (TPSA) is 46.9 Å². The number of carbonyl (C=O) groups excluding carboxylic acids is 1. The number of benzene rings is 1. The second-order valence-electron chi connectivity index (χ2n) is 6.14. The molecular weight excluding hydrogens is 306 g/mol. The quantitative estimate of drug-likeness (QED) is 0.832. The van der Waals surface area contributed by atoms with Crippen LogP contribution in [0.15, 0.2) is 29.2 Å². The van der Waals surface area contributed by atoms with Gasteiger partial charge in [-0.1, -0.05) is 26.0 Å². The first-order valence-electron chi connectivity index (χ1n) is 7.87. The van der Waals surface area contributed by atoms with E-state index < -0.39 is 0 Å². The van der Waals surface area contributed by atoms with E-state index in [9.17, 15) is 4.79 Å². The lowest BCUT2D eigenvalue weighted by Gasteiger charge is -2.13. The maximum atomic E-state index is 12.4. The van der Waals surface area contributed by atoms with Crippen molar-refractivity contribution in [1.29, 1.82) is 0 Å². The zero-order chi connectivity index (χ0) is 17.1. The third-order valence-electron chi connectivity index (χ3n) is 3.99. The molecule has 2 aromatic rings. The molecule has 1 N–H and O–H groups in total. The molecule has 0 aliphatic carbocycles. The van der Waals surface area contributed by atoms with Gasteiger partial charge in [-0.3, -0.25) is 9.48 Å². The molecule has 0 aliphatic rings. The van der Waals surface area contributed by atoms with Crippen LogP contribution in [0.25, 0.3) is 0 Å². The number of thioether (sulfide) groups is 1. The van der Waals surface area contributed by atoms with Crippen molar-refractivity contribution in [2.24, 2.45) is 7.05 Å². The van der Waals surface area contributed by atoms with E-state index in [0.717, 1.165) is 22.0 Å². The predicted molar refractivity (Wildman–Crippen MR) is 97.2 cm³/mol. The maximum Gasteiger partial charge on any atom is 0.237 e. The highest BCUT2D eigenvalue weighted by Gasteiger charge is 2.18. The summed E-state index contributed by atoms with van der Waals surface area (Å²) >= 11 is 1.57. The highest BCUT2D eigenvalue weighted by atomic mass is 32.2. The van der Waals surface area contributed by atoms with Crippen molar-refractivity contribution < 1.29 is 4.79 Å². The molecule has 0 bridgehead atoms. The minimum Gasteiger partial charge on any atom is -0.322 e. The molecule has 0 fully saturated rings. The Kier molecular flexibility index (Phi) is 5.52. The van der Waals surface area contributed by atoms with Crippen molar-refractivity contribution in [3.05, 3.63) is 41.2 Å². The summed E-state index contributed by atoms with van der Waals surface area (Å²) in [6, 6.07) is 8.44. The van der Waals surface area contributed by atoms with E-state index in [1.807, 2.05) is 27.8 Å². The third-order valence-corrected chi connectivity index (χ3v) is 5.10. The molecule has 1 amide bonds. The summed E-state index contributed by atoms with van der Waals surface area (Å²) in [6.45, 7) is 10.1. The van der Waals surface area contributed by atoms with Crippen LogP contribution in [-0.2, 0) is 11.8 Å². The van der Waals surface area contributed by atoms with E-state index in [2.05, 4.69) is 48.5 Å². The molecule has 1 aromatic carbocycles. The van der Waals surface area contributed by atoms with Gasteiger partial charge in [0, 0.05) is 11.9 Å². The summed E-state index contributed by atoms with van der Waals surface area (Å²) in [7, 11) is 1.88. The van der Waals surface area contributed by atoms with Crippen LogP contribution in [0.4, 0.5) is 5.69 Å². The summed E-state index contributed by atoms with van der Waals surface area (Å²) < 4.78 is 1.79. The first kappa shape index (κ1) is 17.6. The molecule has 0 radical (unpaired) electrons. The van der Waals surface area contributed by atoms with Crippen molar-refractivity contribution in [2.45, 2.75) is 50.7 Å². The molecule has 5 heteroatoms. The van der Waals surface area contributed by atoms with Crippen LogP contribution in [0.2, 0.25) is 0 Å². The first-order valence-corrected chi connectivity index (χ1v) is 8.75. The summed E-state index contributed by atoms with van der Waals surface area (Å²) in [6.07, 6.45) is 0. The van der Waals surface area contributed by atoms with Crippen LogP contribution in [-0.4, -0.2) is 20.9 Å². The highest BCUT2D eigenvalue weighted by molar-refractivity contribution is 8.00. The Balaban J connectivity index is 2.02. The average molecular weight is 331 g/mol. The Morgan fingerprint density at radius 2 is 1.78 bits per heavy atom. The number of hydrogen-bond acceptors (Lipinski definition) is 3. The van der Waals surface area contributed by atoms with Crippen LogP contribution in [0, 0.1) is 13.8 Å². The number of aryl methyl sites for hydroxylation is 2. The molecule has 0 spiro atoms. The standard InChI is InChI=1S/C18H25N3OS/c1-11(2)15-7-9-16(10-8-15)23-14(5)18(22)19-17-12(3)20-21(6)13(17)4/h7-11,14H,1-6H3,(H,19,22). The Labute approximate surface area is 142 Å². The second kappa shape index (κ2) is 7.21. The fourth-order valence-corrected chi connectivity index (χ4v) is 3.24. The smallest absolute Gasteiger partial charge is 0.237 e. The lowest BCUT2D eigenvalue weighted by molar-refractivity contribution is -0.115. The van der Waals surface area contributed by atoms with E-state index in [0.29, 0.717) is 5.92 Å². The molecular formula is C18H25N3OS. The molecule has 2 rings (SSSR count). The molecule has 1 unspecified atom stereocenters. The van der Waals surface area contributed by atoms with Crippen LogP contribution < -0.4 is 5.32 Å². The second-order valence-corrected chi connectivity index (χ2v) is 7.56. The minimum absolute atomic E-state index is 0.00198. The molecule has 0 saturated carbocycles. The van der Waals surface area contributed by atoms with Crippen molar-refractivity contribution >= 4 is 23.4 Å². The van der Waals surface area contributed by atoms with Crippen LogP contribution in [0.5, 0.6) is 0 Å². The van der Waals surface area contributed by atoms with E-state index in [1.165, 1.54) is 5.56 Å². The van der Waals surface area contributed by atoms with Gasteiger partial charge in [0.05, 0.1) is 22.3 Å². The monoisotopic (exact) mass is 331 g/mol. The summed E-state index contributed by atoms with van der Waals surface area (Å²) in [5.74, 6) is 0.522. The van der Waals surface area contributed by atoms with Gasteiger partial charge in [0.15, 0.2) is 0 Å². The molecule has 124 valence electrons. The van der Waals surface area contributed by atoms with Gasteiger partial charge in [0.2, 0.25) is 5.91 Å². The van der Waals surface area contributed by atoms with Gasteiger partial charge in [-0.2, -0.15) is 5.10 Å².